The molecule has 3 nitrogen and oxygen atoms in total. The van der Waals surface area contributed by atoms with Crippen LogP contribution in [0.15, 0.2) is 24.3 Å². The van der Waals surface area contributed by atoms with Gasteiger partial charge in [0.15, 0.2) is 0 Å². The highest BCUT2D eigenvalue weighted by Crippen LogP contribution is 2.47. The lowest BCUT2D eigenvalue weighted by Gasteiger charge is -2.08. The first-order chi connectivity index (χ1) is 9.87. The van der Waals surface area contributed by atoms with E-state index < -0.39 is 12.8 Å². The first kappa shape index (κ1) is 15.8. The molecule has 0 heterocycles. The summed E-state index contributed by atoms with van der Waals surface area (Å²) < 4.78 is 52.6. The third kappa shape index (κ3) is 5.00. The SMILES string of the molecule is O=C(NCCOCC(F)(F)F)C1CC1c1ccc(F)cc1. The maximum absolute atomic E-state index is 12.8. The van der Waals surface area contributed by atoms with E-state index in [1.807, 2.05) is 0 Å². The summed E-state index contributed by atoms with van der Waals surface area (Å²) in [5.74, 6) is -0.679. The fourth-order valence-corrected chi connectivity index (χ4v) is 2.13. The van der Waals surface area contributed by atoms with E-state index in [0.29, 0.717) is 6.42 Å². The molecule has 1 fully saturated rings. The third-order valence-electron chi connectivity index (χ3n) is 3.24. The van der Waals surface area contributed by atoms with Gasteiger partial charge in [0.2, 0.25) is 5.91 Å². The summed E-state index contributed by atoms with van der Waals surface area (Å²) >= 11 is 0. The molecule has 1 aromatic carbocycles. The van der Waals surface area contributed by atoms with Crippen LogP contribution in [0.4, 0.5) is 17.6 Å². The summed E-state index contributed by atoms with van der Waals surface area (Å²) in [4.78, 5) is 11.8. The summed E-state index contributed by atoms with van der Waals surface area (Å²) in [6, 6.07) is 5.96. The predicted octanol–water partition coefficient (Wildman–Crippen LogP) is 2.62. The van der Waals surface area contributed by atoms with Gasteiger partial charge in [0.25, 0.3) is 0 Å². The normalized spacial score (nSPS) is 21.1. The van der Waals surface area contributed by atoms with Gasteiger partial charge in [-0.05, 0) is 30.0 Å². The second kappa shape index (κ2) is 6.43. The number of alkyl halides is 3. The van der Waals surface area contributed by atoms with Crippen molar-refractivity contribution in [3.05, 3.63) is 35.6 Å². The van der Waals surface area contributed by atoms with E-state index >= 15 is 0 Å². The Kier molecular flexibility index (Phi) is 4.82. The van der Waals surface area contributed by atoms with E-state index in [4.69, 9.17) is 0 Å². The van der Waals surface area contributed by atoms with E-state index in [1.54, 1.807) is 12.1 Å². The number of amides is 1. The van der Waals surface area contributed by atoms with Crippen molar-refractivity contribution in [1.29, 1.82) is 0 Å². The fourth-order valence-electron chi connectivity index (χ4n) is 2.13. The average Bonchev–Trinajstić information content (AvgIpc) is 3.18. The number of carbonyl (C=O) groups excluding carboxylic acids is 1. The van der Waals surface area contributed by atoms with Gasteiger partial charge >= 0.3 is 6.18 Å². The fraction of sp³-hybridized carbons (Fsp3) is 0.500. The lowest BCUT2D eigenvalue weighted by Crippen LogP contribution is -2.30. The number of benzene rings is 1. The van der Waals surface area contributed by atoms with Crippen LogP contribution in [0.1, 0.15) is 17.9 Å². The van der Waals surface area contributed by atoms with Gasteiger partial charge < -0.3 is 10.1 Å². The van der Waals surface area contributed by atoms with Crippen LogP contribution >= 0.6 is 0 Å². The zero-order valence-electron chi connectivity index (χ0n) is 11.1. The van der Waals surface area contributed by atoms with Gasteiger partial charge in [-0.3, -0.25) is 4.79 Å². The number of carbonyl (C=O) groups is 1. The lowest BCUT2D eigenvalue weighted by atomic mass is 10.1. The van der Waals surface area contributed by atoms with Crippen LogP contribution in [0, 0.1) is 11.7 Å². The molecule has 0 spiro atoms. The van der Waals surface area contributed by atoms with Crippen molar-refractivity contribution in [2.75, 3.05) is 19.8 Å². The maximum atomic E-state index is 12.8. The Bertz CT molecular complexity index is 487. The molecule has 1 aromatic rings. The molecule has 1 amide bonds. The van der Waals surface area contributed by atoms with Crippen LogP contribution in [-0.2, 0) is 9.53 Å². The first-order valence-corrected chi connectivity index (χ1v) is 6.54. The van der Waals surface area contributed by atoms with E-state index in [0.717, 1.165) is 5.56 Å². The quantitative estimate of drug-likeness (QED) is 0.648. The van der Waals surface area contributed by atoms with Crippen LogP contribution in [0.2, 0.25) is 0 Å². The van der Waals surface area contributed by atoms with Gasteiger partial charge in [0, 0.05) is 12.5 Å². The minimum Gasteiger partial charge on any atom is -0.370 e. The summed E-state index contributed by atoms with van der Waals surface area (Å²) in [5, 5.41) is 2.54. The zero-order valence-corrected chi connectivity index (χ0v) is 11.1. The molecule has 21 heavy (non-hydrogen) atoms. The van der Waals surface area contributed by atoms with Crippen molar-refractivity contribution in [1.82, 2.24) is 5.32 Å². The number of halogens is 4. The van der Waals surface area contributed by atoms with E-state index in [-0.39, 0.29) is 36.7 Å². The molecular formula is C14H15F4NO2. The minimum atomic E-state index is -4.35. The van der Waals surface area contributed by atoms with Crippen molar-refractivity contribution in [3.63, 3.8) is 0 Å². The molecule has 7 heteroatoms. The summed E-state index contributed by atoms with van der Waals surface area (Å²) in [6.45, 7) is -1.45. The highest BCUT2D eigenvalue weighted by Gasteiger charge is 2.43. The van der Waals surface area contributed by atoms with Crippen LogP contribution in [0.3, 0.4) is 0 Å². The molecule has 1 aliphatic rings. The predicted molar refractivity (Wildman–Crippen MR) is 67.1 cm³/mol. The standard InChI is InChI=1S/C14H15F4NO2/c15-10-3-1-9(2-4-10)11-7-12(11)13(20)19-5-6-21-8-14(16,17)18/h1-4,11-12H,5-8H2,(H,19,20). The topological polar surface area (TPSA) is 38.3 Å². The van der Waals surface area contributed by atoms with Gasteiger partial charge in [0.05, 0.1) is 6.61 Å². The molecule has 2 atom stereocenters. The van der Waals surface area contributed by atoms with Gasteiger partial charge in [-0.2, -0.15) is 13.2 Å². The Morgan fingerprint density at radius 3 is 2.57 bits per heavy atom. The highest BCUT2D eigenvalue weighted by atomic mass is 19.4. The Morgan fingerprint density at radius 1 is 1.29 bits per heavy atom. The Labute approximate surface area is 119 Å². The average molecular weight is 305 g/mol. The smallest absolute Gasteiger partial charge is 0.370 e. The minimum absolute atomic E-state index is 0.0432. The monoisotopic (exact) mass is 305 g/mol. The van der Waals surface area contributed by atoms with Gasteiger partial charge in [-0.25, -0.2) is 4.39 Å². The number of hydrogen-bond donors (Lipinski definition) is 1. The summed E-state index contributed by atoms with van der Waals surface area (Å²) in [6.07, 6.45) is -3.69. The van der Waals surface area contributed by atoms with Crippen molar-refractivity contribution >= 4 is 5.91 Å². The lowest BCUT2D eigenvalue weighted by molar-refractivity contribution is -0.173. The van der Waals surface area contributed by atoms with Crippen molar-refractivity contribution in [2.45, 2.75) is 18.5 Å². The number of nitrogens with one attached hydrogen (secondary N) is 1. The molecule has 2 unspecified atom stereocenters. The van der Waals surface area contributed by atoms with Gasteiger partial charge in [-0.15, -0.1) is 0 Å². The van der Waals surface area contributed by atoms with Crippen molar-refractivity contribution in [3.8, 4) is 0 Å². The summed E-state index contributed by atoms with van der Waals surface area (Å²) in [7, 11) is 0. The molecule has 0 saturated heterocycles. The molecule has 1 N–H and O–H groups in total. The highest BCUT2D eigenvalue weighted by molar-refractivity contribution is 5.82. The Balaban J connectivity index is 1.66. The molecule has 1 aliphatic carbocycles. The summed E-state index contributed by atoms with van der Waals surface area (Å²) in [5.41, 5.74) is 0.893. The molecule has 0 bridgehead atoms. The number of rotatable bonds is 6. The van der Waals surface area contributed by atoms with Crippen molar-refractivity contribution < 1.29 is 27.1 Å². The molecule has 1 saturated carbocycles. The molecule has 116 valence electrons. The second-order valence-corrected chi connectivity index (χ2v) is 4.96. The molecule has 0 aromatic heterocycles. The second-order valence-electron chi connectivity index (χ2n) is 4.96. The van der Waals surface area contributed by atoms with Crippen LogP contribution < -0.4 is 5.32 Å². The molecule has 2 rings (SSSR count). The largest absolute Gasteiger partial charge is 0.411 e. The Morgan fingerprint density at radius 2 is 1.95 bits per heavy atom. The first-order valence-electron chi connectivity index (χ1n) is 6.54. The van der Waals surface area contributed by atoms with Crippen LogP contribution in [0.5, 0.6) is 0 Å². The molecule has 0 aliphatic heterocycles. The van der Waals surface area contributed by atoms with Crippen LogP contribution in [-0.4, -0.2) is 31.8 Å². The molecular weight excluding hydrogens is 290 g/mol. The van der Waals surface area contributed by atoms with Crippen LogP contribution in [0.25, 0.3) is 0 Å². The van der Waals surface area contributed by atoms with Gasteiger partial charge in [0.1, 0.15) is 12.4 Å². The van der Waals surface area contributed by atoms with Gasteiger partial charge in [-0.1, -0.05) is 12.1 Å². The number of ether oxygens (including phenoxy) is 1. The Hall–Kier alpha value is -1.63. The maximum Gasteiger partial charge on any atom is 0.411 e. The zero-order chi connectivity index (χ0) is 15.5. The number of hydrogen-bond acceptors (Lipinski definition) is 2. The van der Waals surface area contributed by atoms with Crippen molar-refractivity contribution in [2.24, 2.45) is 5.92 Å². The van der Waals surface area contributed by atoms with E-state index in [9.17, 15) is 22.4 Å². The van der Waals surface area contributed by atoms with E-state index in [1.165, 1.54) is 12.1 Å². The third-order valence-corrected chi connectivity index (χ3v) is 3.24. The van der Waals surface area contributed by atoms with E-state index in [2.05, 4.69) is 10.1 Å². The molecule has 0 radical (unpaired) electrons.